The highest BCUT2D eigenvalue weighted by Crippen LogP contribution is 2.27. The molecule has 8 nitrogen and oxygen atoms in total. The number of amides is 2. The smallest absolute Gasteiger partial charge is 0.338 e. The second-order valence-corrected chi connectivity index (χ2v) is 7.04. The number of primary amides is 1. The van der Waals surface area contributed by atoms with Crippen LogP contribution in [0.2, 0.25) is 5.02 Å². The van der Waals surface area contributed by atoms with Gasteiger partial charge >= 0.3 is 5.97 Å². The van der Waals surface area contributed by atoms with Crippen molar-refractivity contribution in [1.29, 1.82) is 0 Å². The number of carbonyl (C=O) groups excluding carboxylic acids is 3. The highest BCUT2D eigenvalue weighted by molar-refractivity contribution is 6.33. The molecule has 0 saturated carbocycles. The molecule has 0 spiro atoms. The van der Waals surface area contributed by atoms with Gasteiger partial charge < -0.3 is 15.4 Å². The number of nitrogens with two attached hydrogens (primary N) is 1. The maximum Gasteiger partial charge on any atom is 0.338 e. The monoisotopic (exact) mass is 404 g/mol. The van der Waals surface area contributed by atoms with Crippen LogP contribution in [0.1, 0.15) is 34.2 Å². The van der Waals surface area contributed by atoms with E-state index < -0.39 is 18.0 Å². The van der Waals surface area contributed by atoms with Crippen LogP contribution in [0.3, 0.4) is 0 Å². The van der Waals surface area contributed by atoms with E-state index in [0.29, 0.717) is 12.1 Å². The van der Waals surface area contributed by atoms with Gasteiger partial charge in [-0.3, -0.25) is 14.3 Å². The molecule has 0 aliphatic carbocycles. The fraction of sp³-hybridized carbons (Fsp3) is 0.368. The minimum absolute atomic E-state index is 0.00759. The molecule has 1 fully saturated rings. The predicted octanol–water partition coefficient (Wildman–Crippen LogP) is 1.73. The molecule has 1 aromatic heterocycles. The molecule has 1 aliphatic heterocycles. The molecule has 148 valence electrons. The lowest BCUT2D eigenvalue weighted by molar-refractivity contribution is -0.119. The van der Waals surface area contributed by atoms with E-state index in [2.05, 4.69) is 5.10 Å². The summed E-state index contributed by atoms with van der Waals surface area (Å²) in [7, 11) is 0. The molecule has 0 bridgehead atoms. The van der Waals surface area contributed by atoms with Gasteiger partial charge in [0.05, 0.1) is 17.1 Å². The first kappa shape index (κ1) is 19.9. The highest BCUT2D eigenvalue weighted by Gasteiger charge is 2.40. The Hall–Kier alpha value is -2.87. The Kier molecular flexibility index (Phi) is 5.99. The molecule has 2 aromatic rings. The average molecular weight is 405 g/mol. The molecule has 2 heterocycles. The number of aromatic nitrogens is 2. The number of ether oxygens (including phenoxy) is 1. The van der Waals surface area contributed by atoms with Crippen LogP contribution in [0.4, 0.5) is 0 Å². The number of likely N-dealkylation sites (tertiary alicyclic amines) is 1. The zero-order valence-electron chi connectivity index (χ0n) is 15.4. The van der Waals surface area contributed by atoms with Gasteiger partial charge in [-0.1, -0.05) is 29.8 Å². The van der Waals surface area contributed by atoms with E-state index in [4.69, 9.17) is 22.1 Å². The summed E-state index contributed by atoms with van der Waals surface area (Å²) < 4.78 is 7.15. The summed E-state index contributed by atoms with van der Waals surface area (Å²) in [4.78, 5) is 38.2. The highest BCUT2D eigenvalue weighted by atomic mass is 35.5. The van der Waals surface area contributed by atoms with Gasteiger partial charge in [0.15, 0.2) is 5.69 Å². The minimum Gasteiger partial charge on any atom is -0.457 e. The van der Waals surface area contributed by atoms with Crippen molar-refractivity contribution in [2.24, 2.45) is 11.7 Å². The van der Waals surface area contributed by atoms with Crippen molar-refractivity contribution in [3.05, 3.63) is 52.8 Å². The molecule has 0 radical (unpaired) electrons. The van der Waals surface area contributed by atoms with Crippen LogP contribution in [0.25, 0.3) is 0 Å². The second-order valence-electron chi connectivity index (χ2n) is 6.63. The number of hydrogen-bond acceptors (Lipinski definition) is 5. The molecule has 0 unspecified atom stereocenters. The standard InChI is InChI=1S/C19H21ClN4O4/c1-2-24-10-14(20)17(22-24)18(26)23-9-13(8-16(21)25)15(11-23)28-19(27)12-6-4-3-5-7-12/h3-7,10,13,15H,2,8-9,11H2,1H3,(H2,21,25)/t13-,15+/m0/s1. The lowest BCUT2D eigenvalue weighted by Gasteiger charge is -2.17. The van der Waals surface area contributed by atoms with Crippen LogP contribution in [0, 0.1) is 5.92 Å². The Morgan fingerprint density at radius 3 is 2.57 bits per heavy atom. The first-order valence-electron chi connectivity index (χ1n) is 8.95. The summed E-state index contributed by atoms with van der Waals surface area (Å²) in [5, 5.41) is 4.44. The van der Waals surface area contributed by atoms with E-state index in [-0.39, 0.29) is 42.1 Å². The summed E-state index contributed by atoms with van der Waals surface area (Å²) >= 11 is 6.13. The maximum absolute atomic E-state index is 12.8. The van der Waals surface area contributed by atoms with E-state index >= 15 is 0 Å². The van der Waals surface area contributed by atoms with Crippen molar-refractivity contribution >= 4 is 29.4 Å². The SMILES string of the molecule is CCn1cc(Cl)c(C(=O)N2C[C@H](CC(N)=O)[C@H](OC(=O)c3ccccc3)C2)n1. The minimum atomic E-state index is -0.642. The van der Waals surface area contributed by atoms with Gasteiger partial charge in [-0.15, -0.1) is 0 Å². The predicted molar refractivity (Wildman–Crippen MR) is 102 cm³/mol. The fourth-order valence-corrected chi connectivity index (χ4v) is 3.46. The topological polar surface area (TPSA) is 108 Å². The number of esters is 1. The van der Waals surface area contributed by atoms with Crippen molar-refractivity contribution in [3.8, 4) is 0 Å². The van der Waals surface area contributed by atoms with Crippen molar-refractivity contribution in [2.45, 2.75) is 26.0 Å². The van der Waals surface area contributed by atoms with Crippen molar-refractivity contribution in [3.63, 3.8) is 0 Å². The van der Waals surface area contributed by atoms with Gasteiger partial charge in [0.25, 0.3) is 5.91 Å². The molecule has 2 N–H and O–H groups in total. The number of aryl methyl sites for hydroxylation is 1. The van der Waals surface area contributed by atoms with Crippen molar-refractivity contribution in [2.75, 3.05) is 13.1 Å². The Morgan fingerprint density at radius 1 is 1.25 bits per heavy atom. The quantitative estimate of drug-likeness (QED) is 0.737. The van der Waals surface area contributed by atoms with Crippen LogP contribution in [-0.4, -0.2) is 51.7 Å². The molecule has 1 aliphatic rings. The van der Waals surface area contributed by atoms with Gasteiger partial charge in [0.2, 0.25) is 5.91 Å². The number of rotatable bonds is 6. The summed E-state index contributed by atoms with van der Waals surface area (Å²) in [6.45, 7) is 2.83. The number of hydrogen-bond donors (Lipinski definition) is 1. The Labute approximate surface area is 167 Å². The van der Waals surface area contributed by atoms with Gasteiger partial charge in [0, 0.05) is 31.6 Å². The van der Waals surface area contributed by atoms with Crippen LogP contribution in [0.15, 0.2) is 36.5 Å². The van der Waals surface area contributed by atoms with Crippen molar-refractivity contribution in [1.82, 2.24) is 14.7 Å². The molecule has 3 rings (SSSR count). The normalized spacial score (nSPS) is 18.9. The first-order chi connectivity index (χ1) is 13.4. The summed E-state index contributed by atoms with van der Waals surface area (Å²) in [5.74, 6) is -1.79. The molecule has 1 aromatic carbocycles. The molecule has 2 amide bonds. The number of halogens is 1. The number of benzene rings is 1. The second kappa shape index (κ2) is 8.43. The maximum atomic E-state index is 12.8. The lowest BCUT2D eigenvalue weighted by Crippen LogP contribution is -2.31. The van der Waals surface area contributed by atoms with Crippen molar-refractivity contribution < 1.29 is 19.1 Å². The van der Waals surface area contributed by atoms with Gasteiger partial charge in [0.1, 0.15) is 6.10 Å². The third kappa shape index (κ3) is 4.33. The first-order valence-corrected chi connectivity index (χ1v) is 9.33. The summed E-state index contributed by atoms with van der Waals surface area (Å²) in [6, 6.07) is 8.53. The van der Waals surface area contributed by atoms with E-state index in [1.54, 1.807) is 41.2 Å². The Balaban J connectivity index is 1.76. The fourth-order valence-electron chi connectivity index (χ4n) is 3.23. The van der Waals surface area contributed by atoms with E-state index in [1.807, 2.05) is 6.92 Å². The van der Waals surface area contributed by atoms with Crippen LogP contribution in [-0.2, 0) is 16.1 Å². The van der Waals surface area contributed by atoms with E-state index in [9.17, 15) is 14.4 Å². The number of nitrogens with zero attached hydrogens (tertiary/aromatic N) is 3. The Morgan fingerprint density at radius 2 is 1.96 bits per heavy atom. The number of carbonyl (C=O) groups is 3. The molecule has 28 heavy (non-hydrogen) atoms. The zero-order valence-corrected chi connectivity index (χ0v) is 16.1. The third-order valence-corrected chi connectivity index (χ3v) is 4.92. The van der Waals surface area contributed by atoms with Crippen LogP contribution in [0.5, 0.6) is 0 Å². The molecule has 9 heteroatoms. The average Bonchev–Trinajstić information content (AvgIpc) is 3.24. The zero-order chi connectivity index (χ0) is 20.3. The lowest BCUT2D eigenvalue weighted by atomic mass is 10.0. The van der Waals surface area contributed by atoms with Crippen LogP contribution < -0.4 is 5.73 Å². The van der Waals surface area contributed by atoms with Gasteiger partial charge in [-0.25, -0.2) is 4.79 Å². The van der Waals surface area contributed by atoms with Crippen LogP contribution >= 0.6 is 11.6 Å². The molecular weight excluding hydrogens is 384 g/mol. The third-order valence-electron chi connectivity index (χ3n) is 4.64. The largest absolute Gasteiger partial charge is 0.457 e. The molecule has 2 atom stereocenters. The summed E-state index contributed by atoms with van der Waals surface area (Å²) in [6.07, 6.45) is 0.947. The molecular formula is C19H21ClN4O4. The Bertz CT molecular complexity index is 883. The van der Waals surface area contributed by atoms with Gasteiger partial charge in [-0.2, -0.15) is 5.10 Å². The summed E-state index contributed by atoms with van der Waals surface area (Å²) in [5.41, 5.74) is 5.87. The van der Waals surface area contributed by atoms with E-state index in [1.165, 1.54) is 4.90 Å². The van der Waals surface area contributed by atoms with E-state index in [0.717, 1.165) is 0 Å². The molecule has 1 saturated heterocycles. The van der Waals surface area contributed by atoms with Gasteiger partial charge in [-0.05, 0) is 19.1 Å².